The van der Waals surface area contributed by atoms with Crippen LogP contribution in [0.3, 0.4) is 0 Å². The smallest absolute Gasteiger partial charge is 0.0445 e. The molecule has 1 atom stereocenters. The standard InChI is InChI=1S/C7H16N2O/c1-6(2-3-10)9-7-4-8-5-7/h6-10H,2-5H2,1H3. The second kappa shape index (κ2) is 3.91. The second-order valence-electron chi connectivity index (χ2n) is 2.94. The molecule has 3 nitrogen and oxygen atoms in total. The fourth-order valence-corrected chi connectivity index (χ4v) is 1.09. The lowest BCUT2D eigenvalue weighted by molar-refractivity contribution is 0.251. The van der Waals surface area contributed by atoms with Crippen LogP contribution < -0.4 is 10.6 Å². The minimum atomic E-state index is 0.286. The zero-order valence-electron chi connectivity index (χ0n) is 6.43. The summed E-state index contributed by atoms with van der Waals surface area (Å²) in [5.41, 5.74) is 0. The van der Waals surface area contributed by atoms with E-state index in [-0.39, 0.29) is 6.61 Å². The van der Waals surface area contributed by atoms with E-state index in [0.29, 0.717) is 12.1 Å². The lowest BCUT2D eigenvalue weighted by Crippen LogP contribution is -2.57. The highest BCUT2D eigenvalue weighted by Gasteiger charge is 2.17. The van der Waals surface area contributed by atoms with Gasteiger partial charge in [-0.2, -0.15) is 0 Å². The van der Waals surface area contributed by atoms with Crippen LogP contribution in [0.15, 0.2) is 0 Å². The Bertz CT molecular complexity index is 93.6. The SMILES string of the molecule is CC(CCO)NC1CNC1. The van der Waals surface area contributed by atoms with Crippen LogP contribution in [0.5, 0.6) is 0 Å². The zero-order valence-corrected chi connectivity index (χ0v) is 6.43. The van der Waals surface area contributed by atoms with Gasteiger partial charge < -0.3 is 15.7 Å². The summed E-state index contributed by atoms with van der Waals surface area (Å²) in [5, 5.41) is 15.2. The van der Waals surface area contributed by atoms with Crippen LogP contribution in [0.25, 0.3) is 0 Å². The molecule has 60 valence electrons. The third-order valence-electron chi connectivity index (χ3n) is 1.86. The predicted octanol–water partition coefficient (Wildman–Crippen LogP) is -0.681. The molecule has 0 bridgehead atoms. The molecule has 0 spiro atoms. The summed E-state index contributed by atoms with van der Waals surface area (Å²) in [4.78, 5) is 0. The molecule has 0 aromatic rings. The van der Waals surface area contributed by atoms with Gasteiger partial charge in [-0.1, -0.05) is 0 Å². The average molecular weight is 144 g/mol. The molecule has 3 N–H and O–H groups in total. The molecule has 1 rings (SSSR count). The van der Waals surface area contributed by atoms with Crippen LogP contribution in [0.2, 0.25) is 0 Å². The molecule has 0 saturated carbocycles. The van der Waals surface area contributed by atoms with Crippen molar-refractivity contribution in [1.82, 2.24) is 10.6 Å². The molecule has 0 radical (unpaired) electrons. The number of rotatable bonds is 4. The van der Waals surface area contributed by atoms with Gasteiger partial charge in [-0.05, 0) is 13.3 Å². The van der Waals surface area contributed by atoms with Gasteiger partial charge in [0, 0.05) is 31.8 Å². The molecule has 1 heterocycles. The molecule has 1 fully saturated rings. The first kappa shape index (κ1) is 7.98. The Morgan fingerprint density at radius 1 is 1.70 bits per heavy atom. The first-order chi connectivity index (χ1) is 4.83. The molecule has 3 heteroatoms. The van der Waals surface area contributed by atoms with E-state index in [1.807, 2.05) is 0 Å². The molecule has 0 aromatic heterocycles. The maximum absolute atomic E-state index is 8.58. The van der Waals surface area contributed by atoms with Crippen molar-refractivity contribution in [3.63, 3.8) is 0 Å². The molecular weight excluding hydrogens is 128 g/mol. The highest BCUT2D eigenvalue weighted by Crippen LogP contribution is 1.96. The molecule has 1 aliphatic heterocycles. The van der Waals surface area contributed by atoms with Crippen LogP contribution in [0, 0.1) is 0 Å². The molecule has 1 saturated heterocycles. The van der Waals surface area contributed by atoms with E-state index in [9.17, 15) is 0 Å². The number of nitrogens with one attached hydrogen (secondary N) is 2. The van der Waals surface area contributed by atoms with E-state index in [1.54, 1.807) is 0 Å². The van der Waals surface area contributed by atoms with Crippen LogP contribution in [0.1, 0.15) is 13.3 Å². The summed E-state index contributed by atoms with van der Waals surface area (Å²) in [5.74, 6) is 0. The van der Waals surface area contributed by atoms with Crippen molar-refractivity contribution in [2.24, 2.45) is 0 Å². The monoisotopic (exact) mass is 144 g/mol. The normalized spacial score (nSPS) is 22.2. The summed E-state index contributed by atoms with van der Waals surface area (Å²) >= 11 is 0. The zero-order chi connectivity index (χ0) is 7.40. The molecule has 0 aliphatic carbocycles. The second-order valence-corrected chi connectivity index (χ2v) is 2.94. The summed E-state index contributed by atoms with van der Waals surface area (Å²) in [6.45, 7) is 4.55. The van der Waals surface area contributed by atoms with Gasteiger partial charge >= 0.3 is 0 Å². The third kappa shape index (κ3) is 2.25. The van der Waals surface area contributed by atoms with Gasteiger partial charge in [0.2, 0.25) is 0 Å². The predicted molar refractivity (Wildman–Crippen MR) is 41.0 cm³/mol. The van der Waals surface area contributed by atoms with E-state index in [4.69, 9.17) is 5.11 Å². The lowest BCUT2D eigenvalue weighted by atomic mass is 10.1. The maximum Gasteiger partial charge on any atom is 0.0445 e. The minimum absolute atomic E-state index is 0.286. The molecular formula is C7H16N2O. The van der Waals surface area contributed by atoms with Gasteiger partial charge in [-0.3, -0.25) is 0 Å². The Morgan fingerprint density at radius 3 is 2.80 bits per heavy atom. The van der Waals surface area contributed by atoms with Crippen molar-refractivity contribution >= 4 is 0 Å². The molecule has 1 unspecified atom stereocenters. The van der Waals surface area contributed by atoms with Crippen LogP contribution in [-0.4, -0.2) is 36.9 Å². The minimum Gasteiger partial charge on any atom is -0.396 e. The first-order valence-electron chi connectivity index (χ1n) is 3.90. The van der Waals surface area contributed by atoms with E-state index in [0.717, 1.165) is 19.5 Å². The average Bonchev–Trinajstić information content (AvgIpc) is 1.80. The Balaban J connectivity index is 1.99. The van der Waals surface area contributed by atoms with E-state index in [1.165, 1.54) is 0 Å². The van der Waals surface area contributed by atoms with Crippen molar-refractivity contribution < 1.29 is 5.11 Å². The number of hydrogen-bond donors (Lipinski definition) is 3. The van der Waals surface area contributed by atoms with Gasteiger partial charge in [0.05, 0.1) is 0 Å². The van der Waals surface area contributed by atoms with E-state index in [2.05, 4.69) is 17.6 Å². The number of aliphatic hydroxyl groups is 1. The Morgan fingerprint density at radius 2 is 2.40 bits per heavy atom. The Labute approximate surface area is 61.8 Å². The number of aliphatic hydroxyl groups excluding tert-OH is 1. The number of hydrogen-bond acceptors (Lipinski definition) is 3. The lowest BCUT2D eigenvalue weighted by Gasteiger charge is -2.30. The largest absolute Gasteiger partial charge is 0.396 e. The van der Waals surface area contributed by atoms with Crippen molar-refractivity contribution in [1.29, 1.82) is 0 Å². The molecule has 1 aliphatic rings. The van der Waals surface area contributed by atoms with Crippen molar-refractivity contribution in [2.45, 2.75) is 25.4 Å². The van der Waals surface area contributed by atoms with Crippen LogP contribution >= 0.6 is 0 Å². The first-order valence-corrected chi connectivity index (χ1v) is 3.90. The fourth-order valence-electron chi connectivity index (χ4n) is 1.09. The highest BCUT2D eigenvalue weighted by atomic mass is 16.3. The third-order valence-corrected chi connectivity index (χ3v) is 1.86. The van der Waals surface area contributed by atoms with Gasteiger partial charge in [0.25, 0.3) is 0 Å². The van der Waals surface area contributed by atoms with Gasteiger partial charge in [-0.15, -0.1) is 0 Å². The van der Waals surface area contributed by atoms with Crippen LogP contribution in [-0.2, 0) is 0 Å². The Hall–Kier alpha value is -0.120. The summed E-state index contributed by atoms with van der Waals surface area (Å²) in [6.07, 6.45) is 0.858. The van der Waals surface area contributed by atoms with E-state index >= 15 is 0 Å². The summed E-state index contributed by atoms with van der Waals surface area (Å²) in [7, 11) is 0. The van der Waals surface area contributed by atoms with Gasteiger partial charge in [-0.25, -0.2) is 0 Å². The van der Waals surface area contributed by atoms with Crippen molar-refractivity contribution in [3.05, 3.63) is 0 Å². The van der Waals surface area contributed by atoms with E-state index < -0.39 is 0 Å². The van der Waals surface area contributed by atoms with Gasteiger partial charge in [0.15, 0.2) is 0 Å². The molecule has 10 heavy (non-hydrogen) atoms. The highest BCUT2D eigenvalue weighted by molar-refractivity contribution is 4.83. The molecule has 0 aromatic carbocycles. The fraction of sp³-hybridized carbons (Fsp3) is 1.00. The quantitative estimate of drug-likeness (QED) is 0.490. The summed E-state index contributed by atoms with van der Waals surface area (Å²) < 4.78 is 0. The maximum atomic E-state index is 8.58. The van der Waals surface area contributed by atoms with Crippen molar-refractivity contribution in [3.8, 4) is 0 Å². The molecule has 0 amide bonds. The Kier molecular flexibility index (Phi) is 3.12. The summed E-state index contributed by atoms with van der Waals surface area (Å²) in [6, 6.07) is 1.10. The van der Waals surface area contributed by atoms with Gasteiger partial charge in [0.1, 0.15) is 0 Å². The van der Waals surface area contributed by atoms with Crippen LogP contribution in [0.4, 0.5) is 0 Å². The van der Waals surface area contributed by atoms with Crippen molar-refractivity contribution in [2.75, 3.05) is 19.7 Å². The topological polar surface area (TPSA) is 44.3 Å².